The van der Waals surface area contributed by atoms with Gasteiger partial charge in [0.05, 0.1) is 12.7 Å². The summed E-state index contributed by atoms with van der Waals surface area (Å²) in [5.74, 6) is 0.833. The first-order valence-electron chi connectivity index (χ1n) is 6.05. The number of alkyl halides is 3. The molecule has 4 nitrogen and oxygen atoms in total. The Morgan fingerprint density at radius 2 is 1.95 bits per heavy atom. The van der Waals surface area contributed by atoms with E-state index in [9.17, 15) is 13.2 Å². The number of pyridine rings is 1. The Morgan fingerprint density at radius 1 is 1.14 bits per heavy atom. The predicted octanol–water partition coefficient (Wildman–Crippen LogP) is 3.42. The first-order valence-corrected chi connectivity index (χ1v) is 6.05. The molecule has 108 valence electrons. The van der Waals surface area contributed by atoms with Crippen molar-refractivity contribution in [3.8, 4) is 17.1 Å². The van der Waals surface area contributed by atoms with Crippen LogP contribution < -0.4 is 4.74 Å². The highest BCUT2D eigenvalue weighted by molar-refractivity contribution is 5.60. The molecule has 3 aromatic rings. The van der Waals surface area contributed by atoms with Gasteiger partial charge in [0.1, 0.15) is 5.75 Å². The molecule has 0 radical (unpaired) electrons. The number of hydrogen-bond donors (Lipinski definition) is 0. The van der Waals surface area contributed by atoms with E-state index < -0.39 is 11.7 Å². The molecule has 0 bridgehead atoms. The minimum absolute atomic E-state index is 0.231. The van der Waals surface area contributed by atoms with E-state index in [-0.39, 0.29) is 5.82 Å². The zero-order valence-corrected chi connectivity index (χ0v) is 10.9. The fourth-order valence-corrected chi connectivity index (χ4v) is 1.95. The molecule has 2 aromatic heterocycles. The van der Waals surface area contributed by atoms with E-state index in [1.165, 1.54) is 17.7 Å². The van der Waals surface area contributed by atoms with Crippen LogP contribution >= 0.6 is 0 Å². The number of rotatable bonds is 2. The van der Waals surface area contributed by atoms with Crippen LogP contribution in [0.15, 0.2) is 42.6 Å². The van der Waals surface area contributed by atoms with E-state index in [0.717, 1.165) is 12.1 Å². The normalized spacial score (nSPS) is 11.8. The Balaban J connectivity index is 2.08. The van der Waals surface area contributed by atoms with Crippen molar-refractivity contribution in [1.82, 2.24) is 14.6 Å². The third-order valence-electron chi connectivity index (χ3n) is 2.99. The summed E-state index contributed by atoms with van der Waals surface area (Å²) in [6.07, 6.45) is -2.75. The molecule has 0 aliphatic heterocycles. The molecule has 0 spiro atoms. The molecule has 0 aliphatic carbocycles. The molecule has 0 fully saturated rings. The van der Waals surface area contributed by atoms with E-state index in [1.807, 2.05) is 0 Å². The van der Waals surface area contributed by atoms with E-state index >= 15 is 0 Å². The van der Waals surface area contributed by atoms with Crippen molar-refractivity contribution in [3.05, 3.63) is 48.2 Å². The highest BCUT2D eigenvalue weighted by Gasteiger charge is 2.30. The molecular formula is C14H10F3N3O. The average molecular weight is 293 g/mol. The lowest BCUT2D eigenvalue weighted by Crippen LogP contribution is -2.04. The second kappa shape index (κ2) is 4.76. The molecule has 1 aromatic carbocycles. The molecule has 3 rings (SSSR count). The molecule has 0 unspecified atom stereocenters. The van der Waals surface area contributed by atoms with Crippen LogP contribution in [0.1, 0.15) is 5.56 Å². The van der Waals surface area contributed by atoms with Crippen LogP contribution in [0.2, 0.25) is 0 Å². The van der Waals surface area contributed by atoms with Crippen LogP contribution in [0.3, 0.4) is 0 Å². The lowest BCUT2D eigenvalue weighted by molar-refractivity contribution is -0.137. The Labute approximate surface area is 117 Å². The van der Waals surface area contributed by atoms with Crippen molar-refractivity contribution in [2.45, 2.75) is 6.18 Å². The van der Waals surface area contributed by atoms with Gasteiger partial charge >= 0.3 is 6.18 Å². The minimum Gasteiger partial charge on any atom is -0.497 e. The predicted molar refractivity (Wildman–Crippen MR) is 70.0 cm³/mol. The van der Waals surface area contributed by atoms with Gasteiger partial charge in [-0.25, -0.2) is 9.50 Å². The van der Waals surface area contributed by atoms with Crippen LogP contribution in [0.25, 0.3) is 17.0 Å². The Morgan fingerprint density at radius 3 is 2.67 bits per heavy atom. The molecule has 21 heavy (non-hydrogen) atoms. The van der Waals surface area contributed by atoms with Crippen molar-refractivity contribution in [3.63, 3.8) is 0 Å². The van der Waals surface area contributed by atoms with Crippen LogP contribution in [-0.2, 0) is 6.18 Å². The second-order valence-electron chi connectivity index (χ2n) is 4.38. The lowest BCUT2D eigenvalue weighted by Gasteiger charge is -2.06. The van der Waals surface area contributed by atoms with Gasteiger partial charge in [-0.05, 0) is 18.2 Å². The molecule has 0 amide bonds. The molecule has 0 saturated heterocycles. The average Bonchev–Trinajstić information content (AvgIpc) is 2.89. The number of benzene rings is 1. The standard InChI is InChI=1S/C14H10F3N3O/c1-21-11-5-6-20-12(8-11)18-13(19-20)9-3-2-4-10(7-9)14(15,16)17/h2-8H,1H3. The van der Waals surface area contributed by atoms with Crippen molar-refractivity contribution in [1.29, 1.82) is 0 Å². The van der Waals surface area contributed by atoms with Gasteiger partial charge in [0.25, 0.3) is 0 Å². The third kappa shape index (κ3) is 2.54. The largest absolute Gasteiger partial charge is 0.497 e. The van der Waals surface area contributed by atoms with E-state index in [2.05, 4.69) is 10.1 Å². The molecular weight excluding hydrogens is 283 g/mol. The minimum atomic E-state index is -4.39. The van der Waals surface area contributed by atoms with E-state index in [0.29, 0.717) is 17.0 Å². The van der Waals surface area contributed by atoms with Gasteiger partial charge in [-0.3, -0.25) is 0 Å². The molecule has 0 aliphatic rings. The number of ether oxygens (including phenoxy) is 1. The third-order valence-corrected chi connectivity index (χ3v) is 2.99. The molecule has 0 atom stereocenters. The first kappa shape index (κ1) is 13.4. The van der Waals surface area contributed by atoms with E-state index in [1.54, 1.807) is 24.4 Å². The number of aromatic nitrogens is 3. The van der Waals surface area contributed by atoms with Gasteiger partial charge in [-0.2, -0.15) is 13.2 Å². The topological polar surface area (TPSA) is 39.4 Å². The second-order valence-corrected chi connectivity index (χ2v) is 4.38. The van der Waals surface area contributed by atoms with Gasteiger partial charge in [-0.1, -0.05) is 12.1 Å². The van der Waals surface area contributed by atoms with Crippen LogP contribution in [-0.4, -0.2) is 21.7 Å². The number of hydrogen-bond acceptors (Lipinski definition) is 3. The summed E-state index contributed by atoms with van der Waals surface area (Å²) in [5.41, 5.74) is 0.0886. The summed E-state index contributed by atoms with van der Waals surface area (Å²) >= 11 is 0. The van der Waals surface area contributed by atoms with Crippen molar-refractivity contribution >= 4 is 5.65 Å². The summed E-state index contributed by atoms with van der Waals surface area (Å²) in [6.45, 7) is 0. The number of nitrogens with zero attached hydrogens (tertiary/aromatic N) is 3. The maximum Gasteiger partial charge on any atom is 0.416 e. The summed E-state index contributed by atoms with van der Waals surface area (Å²) in [6, 6.07) is 8.28. The van der Waals surface area contributed by atoms with Crippen molar-refractivity contribution in [2.75, 3.05) is 7.11 Å². The Bertz CT molecular complexity index is 796. The maximum atomic E-state index is 12.7. The smallest absolute Gasteiger partial charge is 0.416 e. The fraction of sp³-hybridized carbons (Fsp3) is 0.143. The van der Waals surface area contributed by atoms with Crippen molar-refractivity contribution in [2.24, 2.45) is 0 Å². The van der Waals surface area contributed by atoms with Gasteiger partial charge in [0, 0.05) is 17.8 Å². The molecule has 0 N–H and O–H groups in total. The number of halogens is 3. The molecule has 7 heteroatoms. The summed E-state index contributed by atoms with van der Waals surface area (Å²) in [5, 5.41) is 4.16. The van der Waals surface area contributed by atoms with Gasteiger partial charge in [-0.15, -0.1) is 5.10 Å². The van der Waals surface area contributed by atoms with Crippen LogP contribution in [0.5, 0.6) is 5.75 Å². The molecule has 2 heterocycles. The highest BCUT2D eigenvalue weighted by atomic mass is 19.4. The monoisotopic (exact) mass is 293 g/mol. The maximum absolute atomic E-state index is 12.7. The zero-order chi connectivity index (χ0) is 15.0. The summed E-state index contributed by atoms with van der Waals surface area (Å²) in [4.78, 5) is 4.22. The van der Waals surface area contributed by atoms with Crippen molar-refractivity contribution < 1.29 is 17.9 Å². The van der Waals surface area contributed by atoms with Gasteiger partial charge in [0.15, 0.2) is 11.5 Å². The summed E-state index contributed by atoms with van der Waals surface area (Å²) < 4.78 is 44.7. The lowest BCUT2D eigenvalue weighted by atomic mass is 10.1. The van der Waals surface area contributed by atoms with Gasteiger partial charge < -0.3 is 4.74 Å². The Kier molecular flexibility index (Phi) is 3.04. The van der Waals surface area contributed by atoms with Crippen LogP contribution in [0, 0.1) is 0 Å². The highest BCUT2D eigenvalue weighted by Crippen LogP contribution is 2.31. The molecule has 0 saturated carbocycles. The Hall–Kier alpha value is -2.57. The van der Waals surface area contributed by atoms with Gasteiger partial charge in [0.2, 0.25) is 0 Å². The SMILES string of the molecule is COc1ccn2nc(-c3cccc(C(F)(F)F)c3)nc2c1. The first-order chi connectivity index (χ1) is 9.97. The fourth-order valence-electron chi connectivity index (χ4n) is 1.95. The quantitative estimate of drug-likeness (QED) is 0.726. The summed E-state index contributed by atoms with van der Waals surface area (Å²) in [7, 11) is 1.52. The number of methoxy groups -OCH3 is 1. The van der Waals surface area contributed by atoms with E-state index in [4.69, 9.17) is 4.74 Å². The zero-order valence-electron chi connectivity index (χ0n) is 10.9. The van der Waals surface area contributed by atoms with Crippen LogP contribution in [0.4, 0.5) is 13.2 Å². The number of fused-ring (bicyclic) bond motifs is 1.